The number of ether oxygens (including phenoxy) is 2. The molecule has 1 heterocycles. The molecule has 20 heavy (non-hydrogen) atoms. The molecule has 1 N–H and O–H groups in total. The van der Waals surface area contributed by atoms with E-state index in [2.05, 4.69) is 18.5 Å². The Kier molecular flexibility index (Phi) is 6.37. The Labute approximate surface area is 120 Å². The molecule has 1 aliphatic rings. The Morgan fingerprint density at radius 1 is 1.35 bits per heavy atom. The molecule has 108 valence electrons. The third-order valence-corrected chi connectivity index (χ3v) is 2.43. The highest BCUT2D eigenvalue weighted by molar-refractivity contribution is 5.86. The molecule has 2 rings (SSSR count). The lowest BCUT2D eigenvalue weighted by atomic mass is 10.1. The number of benzene rings is 1. The first kappa shape index (κ1) is 15.8. The summed E-state index contributed by atoms with van der Waals surface area (Å²) in [5.74, 6) is 1.57. The lowest BCUT2D eigenvalue weighted by molar-refractivity contribution is -0.116. The van der Waals surface area contributed by atoms with Gasteiger partial charge in [0.15, 0.2) is 11.5 Å². The van der Waals surface area contributed by atoms with Crippen molar-refractivity contribution >= 4 is 5.91 Å². The van der Waals surface area contributed by atoms with Gasteiger partial charge in [0.05, 0.1) is 0 Å². The zero-order valence-electron chi connectivity index (χ0n) is 12.0. The lowest BCUT2D eigenvalue weighted by Gasteiger charge is -2.02. The van der Waals surface area contributed by atoms with Crippen LogP contribution in [-0.4, -0.2) is 18.7 Å². The summed E-state index contributed by atoms with van der Waals surface area (Å²) in [5, 5.41) is 2.64. The number of allylic oxidation sites excluding steroid dienone is 1. The Morgan fingerprint density at radius 3 is 2.60 bits per heavy atom. The van der Waals surface area contributed by atoms with Gasteiger partial charge in [-0.2, -0.15) is 0 Å². The molecule has 1 aliphatic heterocycles. The fourth-order valence-corrected chi connectivity index (χ4v) is 1.58. The first-order valence-corrected chi connectivity index (χ1v) is 6.49. The summed E-state index contributed by atoms with van der Waals surface area (Å²) in [6, 6.07) is 6.15. The molecule has 0 fully saturated rings. The van der Waals surface area contributed by atoms with Crippen LogP contribution in [0, 0.1) is 0 Å². The zero-order valence-corrected chi connectivity index (χ0v) is 12.0. The van der Waals surface area contributed by atoms with Gasteiger partial charge in [-0.05, 0) is 44.0 Å². The smallest absolute Gasteiger partial charge is 0.243 e. The maximum atomic E-state index is 10.4. The van der Waals surface area contributed by atoms with Gasteiger partial charge in [0, 0.05) is 6.04 Å². The van der Waals surface area contributed by atoms with E-state index < -0.39 is 0 Å². The van der Waals surface area contributed by atoms with Crippen molar-refractivity contribution in [3.8, 4) is 11.5 Å². The van der Waals surface area contributed by atoms with Gasteiger partial charge in [-0.3, -0.25) is 4.79 Å². The van der Waals surface area contributed by atoms with Gasteiger partial charge in [0.25, 0.3) is 0 Å². The van der Waals surface area contributed by atoms with Crippen LogP contribution in [0.1, 0.15) is 19.4 Å². The summed E-state index contributed by atoms with van der Waals surface area (Å²) in [6.07, 6.45) is 4.01. The van der Waals surface area contributed by atoms with E-state index >= 15 is 0 Å². The molecule has 0 saturated heterocycles. The van der Waals surface area contributed by atoms with Crippen LogP contribution in [0.5, 0.6) is 11.5 Å². The average Bonchev–Trinajstić information content (AvgIpc) is 2.86. The summed E-state index contributed by atoms with van der Waals surface area (Å²) in [4.78, 5) is 10.4. The number of hydrogen-bond donors (Lipinski definition) is 1. The van der Waals surface area contributed by atoms with Crippen LogP contribution in [0.3, 0.4) is 0 Å². The Balaban J connectivity index is 0.000000221. The Hall–Kier alpha value is -2.23. The minimum absolute atomic E-state index is 0.111. The molecule has 0 aliphatic carbocycles. The van der Waals surface area contributed by atoms with Crippen LogP contribution in [0.15, 0.2) is 43.5 Å². The molecule has 0 spiro atoms. The van der Waals surface area contributed by atoms with Crippen molar-refractivity contribution in [1.29, 1.82) is 0 Å². The summed E-state index contributed by atoms with van der Waals surface area (Å²) in [5.41, 5.74) is 1.20. The molecule has 0 aromatic heterocycles. The molecular weight excluding hydrogens is 254 g/mol. The molecule has 1 amide bonds. The fraction of sp³-hybridized carbons (Fsp3) is 0.312. The molecule has 0 saturated carbocycles. The van der Waals surface area contributed by atoms with Gasteiger partial charge in [-0.25, -0.2) is 0 Å². The minimum atomic E-state index is -0.111. The van der Waals surface area contributed by atoms with Gasteiger partial charge >= 0.3 is 0 Å². The van der Waals surface area contributed by atoms with Crippen molar-refractivity contribution in [1.82, 2.24) is 5.32 Å². The number of nitrogens with one attached hydrogen (secondary N) is 1. The van der Waals surface area contributed by atoms with Gasteiger partial charge in [0.2, 0.25) is 12.7 Å². The molecule has 1 aromatic carbocycles. The second kappa shape index (κ2) is 8.04. The van der Waals surface area contributed by atoms with Crippen LogP contribution in [0.2, 0.25) is 0 Å². The van der Waals surface area contributed by atoms with Crippen molar-refractivity contribution in [2.75, 3.05) is 6.79 Å². The highest BCUT2D eigenvalue weighted by atomic mass is 16.7. The van der Waals surface area contributed by atoms with E-state index in [1.807, 2.05) is 38.1 Å². The molecule has 0 radical (unpaired) electrons. The van der Waals surface area contributed by atoms with Gasteiger partial charge in [0.1, 0.15) is 0 Å². The quantitative estimate of drug-likeness (QED) is 0.679. The van der Waals surface area contributed by atoms with E-state index in [1.165, 1.54) is 11.6 Å². The molecule has 0 unspecified atom stereocenters. The number of amides is 1. The van der Waals surface area contributed by atoms with E-state index in [-0.39, 0.29) is 11.9 Å². The summed E-state index contributed by atoms with van der Waals surface area (Å²) in [6.45, 7) is 11.1. The third kappa shape index (κ3) is 5.18. The van der Waals surface area contributed by atoms with Gasteiger partial charge in [-0.15, -0.1) is 6.58 Å². The lowest BCUT2D eigenvalue weighted by Crippen LogP contribution is -2.27. The first-order valence-electron chi connectivity index (χ1n) is 6.49. The highest BCUT2D eigenvalue weighted by Gasteiger charge is 2.12. The minimum Gasteiger partial charge on any atom is -0.454 e. The number of carbonyl (C=O) groups excluding carboxylic acids is 1. The highest BCUT2D eigenvalue weighted by Crippen LogP contribution is 2.32. The molecular formula is C16H21NO3. The second-order valence-corrected chi connectivity index (χ2v) is 4.55. The van der Waals surface area contributed by atoms with E-state index in [4.69, 9.17) is 9.47 Å². The number of fused-ring (bicyclic) bond motifs is 1. The molecule has 4 nitrogen and oxygen atoms in total. The Bertz CT molecular complexity index is 481. The summed E-state index contributed by atoms with van der Waals surface area (Å²) in [7, 11) is 0. The predicted molar refractivity (Wildman–Crippen MR) is 79.9 cm³/mol. The maximum absolute atomic E-state index is 10.4. The molecule has 1 aromatic rings. The maximum Gasteiger partial charge on any atom is 0.243 e. The van der Waals surface area contributed by atoms with E-state index in [9.17, 15) is 4.79 Å². The van der Waals surface area contributed by atoms with Crippen LogP contribution in [0.25, 0.3) is 0 Å². The van der Waals surface area contributed by atoms with Gasteiger partial charge < -0.3 is 14.8 Å². The van der Waals surface area contributed by atoms with Crippen molar-refractivity contribution in [3.63, 3.8) is 0 Å². The van der Waals surface area contributed by atoms with Crippen molar-refractivity contribution in [2.45, 2.75) is 26.3 Å². The average molecular weight is 275 g/mol. The SMILES string of the molecule is C=CC(=O)NC(C)C.C=CCc1ccc2c(c1)OCO2. The first-order chi connectivity index (χ1) is 9.56. The van der Waals surface area contributed by atoms with E-state index in [1.54, 1.807) is 0 Å². The second-order valence-electron chi connectivity index (χ2n) is 4.55. The normalized spacial score (nSPS) is 11.3. The molecule has 4 heteroatoms. The third-order valence-electron chi connectivity index (χ3n) is 2.43. The fourth-order valence-electron chi connectivity index (χ4n) is 1.58. The summed E-state index contributed by atoms with van der Waals surface area (Å²) < 4.78 is 10.4. The van der Waals surface area contributed by atoms with Crippen LogP contribution < -0.4 is 14.8 Å². The predicted octanol–water partition coefficient (Wildman–Crippen LogP) is 2.84. The topological polar surface area (TPSA) is 47.6 Å². The van der Waals surface area contributed by atoms with Crippen molar-refractivity contribution < 1.29 is 14.3 Å². The largest absolute Gasteiger partial charge is 0.454 e. The zero-order chi connectivity index (χ0) is 15.0. The number of rotatable bonds is 4. The van der Waals surface area contributed by atoms with Crippen molar-refractivity contribution in [2.24, 2.45) is 0 Å². The van der Waals surface area contributed by atoms with Crippen LogP contribution in [-0.2, 0) is 11.2 Å². The Morgan fingerprint density at radius 2 is 2.05 bits per heavy atom. The molecule has 0 atom stereocenters. The summed E-state index contributed by atoms with van der Waals surface area (Å²) >= 11 is 0. The standard InChI is InChI=1S/C10H10O2.C6H11NO/c1-2-3-8-4-5-9-10(6-8)12-7-11-9;1-4-6(8)7-5(2)3/h2,4-6H,1,3,7H2;4-5H,1H2,2-3H3,(H,7,8). The number of carbonyl (C=O) groups is 1. The molecule has 0 bridgehead atoms. The number of hydrogen-bond acceptors (Lipinski definition) is 3. The van der Waals surface area contributed by atoms with Crippen molar-refractivity contribution in [3.05, 3.63) is 49.1 Å². The van der Waals surface area contributed by atoms with Gasteiger partial charge in [-0.1, -0.05) is 18.7 Å². The van der Waals surface area contributed by atoms with Crippen LogP contribution in [0.4, 0.5) is 0 Å². The van der Waals surface area contributed by atoms with E-state index in [0.29, 0.717) is 6.79 Å². The van der Waals surface area contributed by atoms with Crippen LogP contribution >= 0.6 is 0 Å². The van der Waals surface area contributed by atoms with E-state index in [0.717, 1.165) is 17.9 Å². The monoisotopic (exact) mass is 275 g/mol.